The normalized spacial score (nSPS) is 14.5. The van der Waals surface area contributed by atoms with E-state index in [0.29, 0.717) is 32.0 Å². The summed E-state index contributed by atoms with van der Waals surface area (Å²) in [5.41, 5.74) is 0.846. The number of carbonyl (C=O) groups is 1. The number of nitrogens with zero attached hydrogens (tertiary/aromatic N) is 2. The molecule has 0 fully saturated rings. The van der Waals surface area contributed by atoms with Crippen LogP contribution < -0.4 is 4.74 Å². The Morgan fingerprint density at radius 3 is 3.12 bits per heavy atom. The molecule has 0 spiro atoms. The molecule has 1 aliphatic rings. The van der Waals surface area contributed by atoms with Crippen molar-refractivity contribution in [2.24, 2.45) is 0 Å². The van der Waals surface area contributed by atoms with E-state index < -0.39 is 0 Å². The number of hydrogen-bond acceptors (Lipinski definition) is 5. The summed E-state index contributed by atoms with van der Waals surface area (Å²) >= 11 is 0. The largest absolute Gasteiger partial charge is 0.476 e. The minimum atomic E-state index is -0.339. The Balaban J connectivity index is 2.17. The van der Waals surface area contributed by atoms with E-state index in [1.807, 2.05) is 6.92 Å². The van der Waals surface area contributed by atoms with E-state index in [1.54, 1.807) is 4.90 Å². The maximum absolute atomic E-state index is 11.4. The Bertz CT molecular complexity index is 388. The van der Waals surface area contributed by atoms with Gasteiger partial charge in [0.05, 0.1) is 25.8 Å². The Morgan fingerprint density at radius 2 is 2.44 bits per heavy atom. The predicted octanol–water partition coefficient (Wildman–Crippen LogP) is 1.20. The third-order valence-electron chi connectivity index (χ3n) is 2.51. The van der Waals surface area contributed by atoms with Gasteiger partial charge in [0.15, 0.2) is 0 Å². The molecule has 0 N–H and O–H groups in total. The van der Waals surface area contributed by atoms with Crippen molar-refractivity contribution in [2.75, 3.05) is 20.3 Å². The highest BCUT2D eigenvalue weighted by atomic mass is 16.5. The minimum Gasteiger partial charge on any atom is -0.476 e. The molecule has 88 valence electrons. The van der Waals surface area contributed by atoms with E-state index in [-0.39, 0.29) is 6.09 Å². The van der Waals surface area contributed by atoms with Crippen molar-refractivity contribution in [1.82, 2.24) is 10.1 Å². The molecule has 0 unspecified atom stereocenters. The number of fused-ring (bicyclic) bond motifs is 1. The highest BCUT2D eigenvalue weighted by Crippen LogP contribution is 2.27. The molecule has 2 rings (SSSR count). The number of carbonyl (C=O) groups excluding carboxylic acids is 1. The number of aromatic nitrogens is 1. The number of ether oxygens (including phenoxy) is 2. The fourth-order valence-corrected chi connectivity index (χ4v) is 1.72. The first kappa shape index (κ1) is 10.8. The summed E-state index contributed by atoms with van der Waals surface area (Å²) < 4.78 is 15.1. The van der Waals surface area contributed by atoms with Crippen LogP contribution in [0.3, 0.4) is 0 Å². The minimum absolute atomic E-state index is 0.339. The number of rotatable bonds is 2. The molecule has 0 radical (unpaired) electrons. The molecule has 0 saturated carbocycles. The molecule has 2 heterocycles. The lowest BCUT2D eigenvalue weighted by Gasteiger charge is -2.24. The van der Waals surface area contributed by atoms with Crippen LogP contribution in [0.5, 0.6) is 5.88 Å². The Labute approximate surface area is 93.1 Å². The van der Waals surface area contributed by atoms with Gasteiger partial charge in [-0.2, -0.15) is 0 Å². The van der Waals surface area contributed by atoms with Crippen molar-refractivity contribution in [3.63, 3.8) is 0 Å². The fourth-order valence-electron chi connectivity index (χ4n) is 1.72. The lowest BCUT2D eigenvalue weighted by Crippen LogP contribution is -2.35. The maximum atomic E-state index is 11.4. The van der Waals surface area contributed by atoms with Gasteiger partial charge < -0.3 is 18.9 Å². The van der Waals surface area contributed by atoms with Crippen molar-refractivity contribution in [3.05, 3.63) is 11.3 Å². The summed E-state index contributed by atoms with van der Waals surface area (Å²) in [6.45, 7) is 3.42. The van der Waals surface area contributed by atoms with Gasteiger partial charge in [0.1, 0.15) is 5.76 Å². The van der Waals surface area contributed by atoms with Crippen molar-refractivity contribution in [2.45, 2.75) is 19.9 Å². The van der Waals surface area contributed by atoms with Crippen molar-refractivity contribution in [1.29, 1.82) is 0 Å². The van der Waals surface area contributed by atoms with Crippen LogP contribution in [0.2, 0.25) is 0 Å². The van der Waals surface area contributed by atoms with Gasteiger partial charge in [0.2, 0.25) is 0 Å². The second-order valence-corrected chi connectivity index (χ2v) is 3.46. The van der Waals surface area contributed by atoms with Gasteiger partial charge >= 0.3 is 6.09 Å². The van der Waals surface area contributed by atoms with Crippen LogP contribution in [0.15, 0.2) is 4.52 Å². The molecule has 1 amide bonds. The fraction of sp³-hybridized carbons (Fsp3) is 0.600. The zero-order valence-electron chi connectivity index (χ0n) is 9.36. The molecule has 0 aliphatic carbocycles. The first-order chi connectivity index (χ1) is 7.76. The molecule has 16 heavy (non-hydrogen) atoms. The molecule has 1 aromatic rings. The molecule has 0 bridgehead atoms. The van der Waals surface area contributed by atoms with Gasteiger partial charge in [-0.25, -0.2) is 4.79 Å². The summed E-state index contributed by atoms with van der Waals surface area (Å²) in [7, 11) is 1.37. The molecule has 1 aromatic heterocycles. The van der Waals surface area contributed by atoms with Crippen LogP contribution in [0, 0.1) is 0 Å². The maximum Gasteiger partial charge on any atom is 0.409 e. The molecule has 0 atom stereocenters. The predicted molar refractivity (Wildman–Crippen MR) is 54.2 cm³/mol. The van der Waals surface area contributed by atoms with E-state index in [9.17, 15) is 4.79 Å². The highest BCUT2D eigenvalue weighted by molar-refractivity contribution is 5.68. The average molecular weight is 226 g/mol. The molecule has 1 aliphatic heterocycles. The average Bonchev–Trinajstić information content (AvgIpc) is 2.71. The summed E-state index contributed by atoms with van der Waals surface area (Å²) in [5, 5.41) is 3.83. The topological polar surface area (TPSA) is 64.8 Å². The number of hydrogen-bond donors (Lipinski definition) is 0. The van der Waals surface area contributed by atoms with Gasteiger partial charge in [-0.05, 0) is 12.1 Å². The zero-order valence-corrected chi connectivity index (χ0v) is 9.36. The van der Waals surface area contributed by atoms with Crippen LogP contribution in [-0.2, 0) is 17.7 Å². The second kappa shape index (κ2) is 4.42. The van der Waals surface area contributed by atoms with E-state index in [0.717, 1.165) is 11.3 Å². The van der Waals surface area contributed by atoms with Crippen LogP contribution in [0.25, 0.3) is 0 Å². The Morgan fingerprint density at radius 1 is 1.62 bits per heavy atom. The summed E-state index contributed by atoms with van der Waals surface area (Å²) in [4.78, 5) is 13.0. The summed E-state index contributed by atoms with van der Waals surface area (Å²) in [6, 6.07) is 0. The van der Waals surface area contributed by atoms with Crippen LogP contribution in [-0.4, -0.2) is 36.4 Å². The smallest absolute Gasteiger partial charge is 0.409 e. The van der Waals surface area contributed by atoms with E-state index in [2.05, 4.69) is 9.89 Å². The van der Waals surface area contributed by atoms with Crippen molar-refractivity contribution < 1.29 is 18.8 Å². The number of methoxy groups -OCH3 is 1. The lowest BCUT2D eigenvalue weighted by atomic mass is 10.1. The third-order valence-corrected chi connectivity index (χ3v) is 2.51. The standard InChI is InChI=1S/C10H14N2O4/c1-3-15-9-7-6-12(10(13)14-2)5-4-8(7)16-11-9/h3-6H2,1-2H3. The quantitative estimate of drug-likeness (QED) is 0.758. The van der Waals surface area contributed by atoms with Crippen LogP contribution in [0.1, 0.15) is 18.2 Å². The van der Waals surface area contributed by atoms with Crippen LogP contribution in [0.4, 0.5) is 4.79 Å². The van der Waals surface area contributed by atoms with E-state index in [4.69, 9.17) is 9.26 Å². The van der Waals surface area contributed by atoms with Gasteiger partial charge in [-0.3, -0.25) is 0 Å². The highest BCUT2D eigenvalue weighted by Gasteiger charge is 2.28. The van der Waals surface area contributed by atoms with E-state index >= 15 is 0 Å². The first-order valence-corrected chi connectivity index (χ1v) is 5.19. The van der Waals surface area contributed by atoms with E-state index in [1.165, 1.54) is 7.11 Å². The summed E-state index contributed by atoms with van der Waals surface area (Å²) in [6.07, 6.45) is 0.305. The van der Waals surface area contributed by atoms with Gasteiger partial charge in [-0.15, -0.1) is 0 Å². The summed E-state index contributed by atoms with van der Waals surface area (Å²) in [5.74, 6) is 1.27. The molecule has 6 nitrogen and oxygen atoms in total. The molecular weight excluding hydrogens is 212 g/mol. The Hall–Kier alpha value is -1.72. The first-order valence-electron chi connectivity index (χ1n) is 5.19. The number of amides is 1. The molecule has 0 aromatic carbocycles. The molecule has 0 saturated heterocycles. The van der Waals surface area contributed by atoms with Crippen LogP contribution >= 0.6 is 0 Å². The Kier molecular flexibility index (Phi) is 2.98. The molecular formula is C10H14N2O4. The van der Waals surface area contributed by atoms with Crippen molar-refractivity contribution in [3.8, 4) is 5.88 Å². The second-order valence-electron chi connectivity index (χ2n) is 3.46. The molecule has 6 heteroatoms. The van der Waals surface area contributed by atoms with Gasteiger partial charge in [0, 0.05) is 13.0 Å². The lowest BCUT2D eigenvalue weighted by molar-refractivity contribution is 0.116. The third kappa shape index (κ3) is 1.82. The van der Waals surface area contributed by atoms with Crippen molar-refractivity contribution >= 4 is 6.09 Å². The SMILES string of the molecule is CCOc1noc2c1CN(C(=O)OC)CC2. The van der Waals surface area contributed by atoms with Gasteiger partial charge in [0.25, 0.3) is 5.88 Å². The van der Waals surface area contributed by atoms with Gasteiger partial charge in [-0.1, -0.05) is 0 Å². The zero-order chi connectivity index (χ0) is 11.5. The monoisotopic (exact) mass is 226 g/mol.